The number of hydrogen-bond acceptors (Lipinski definition) is 3. The zero-order valence-corrected chi connectivity index (χ0v) is 16.8. The first-order valence-electron chi connectivity index (χ1n) is 9.54. The highest BCUT2D eigenvalue weighted by molar-refractivity contribution is 6.30. The van der Waals surface area contributed by atoms with E-state index in [1.54, 1.807) is 24.3 Å². The summed E-state index contributed by atoms with van der Waals surface area (Å²) in [6.45, 7) is 5.34. The number of nitrogens with one attached hydrogen (secondary N) is 1. The quantitative estimate of drug-likeness (QED) is 0.548. The van der Waals surface area contributed by atoms with E-state index < -0.39 is 6.10 Å². The first kappa shape index (κ1) is 21.1. The summed E-state index contributed by atoms with van der Waals surface area (Å²) in [4.78, 5) is 12.4. The summed E-state index contributed by atoms with van der Waals surface area (Å²) in [6.07, 6.45) is 2.77. The topological polar surface area (TPSA) is 47.6 Å². The van der Waals surface area contributed by atoms with Crippen molar-refractivity contribution in [2.45, 2.75) is 45.6 Å². The van der Waals surface area contributed by atoms with Gasteiger partial charge in [-0.3, -0.25) is 4.79 Å². The van der Waals surface area contributed by atoms with Crippen LogP contribution in [0.3, 0.4) is 0 Å². The fraction of sp³-hybridized carbons (Fsp3) is 0.409. The Bertz CT molecular complexity index is 703. The average Bonchev–Trinajstić information content (AvgIpc) is 2.69. The molecule has 1 atom stereocenters. The van der Waals surface area contributed by atoms with Crippen LogP contribution in [0.4, 0.5) is 0 Å². The Morgan fingerprint density at radius 3 is 2.56 bits per heavy atom. The average molecular weight is 390 g/mol. The van der Waals surface area contributed by atoms with Crippen molar-refractivity contribution in [1.29, 1.82) is 0 Å². The van der Waals surface area contributed by atoms with Crippen molar-refractivity contribution in [3.8, 4) is 11.5 Å². The van der Waals surface area contributed by atoms with E-state index in [2.05, 4.69) is 18.3 Å². The summed E-state index contributed by atoms with van der Waals surface area (Å²) in [5.74, 6) is 1.48. The second kappa shape index (κ2) is 11.5. The fourth-order valence-corrected chi connectivity index (χ4v) is 2.79. The Hall–Kier alpha value is -2.20. The third-order valence-corrected chi connectivity index (χ3v) is 4.36. The Kier molecular flexibility index (Phi) is 8.99. The molecule has 5 heteroatoms. The zero-order valence-electron chi connectivity index (χ0n) is 16.0. The molecule has 27 heavy (non-hydrogen) atoms. The van der Waals surface area contributed by atoms with E-state index in [1.807, 2.05) is 25.1 Å². The summed E-state index contributed by atoms with van der Waals surface area (Å²) < 4.78 is 11.5. The van der Waals surface area contributed by atoms with Gasteiger partial charge in [0.1, 0.15) is 11.5 Å². The molecule has 2 aromatic carbocycles. The third-order valence-electron chi connectivity index (χ3n) is 4.11. The summed E-state index contributed by atoms with van der Waals surface area (Å²) in [6, 6.07) is 15.1. The summed E-state index contributed by atoms with van der Waals surface area (Å²) in [5, 5.41) is 3.61. The van der Waals surface area contributed by atoms with Crippen molar-refractivity contribution in [1.82, 2.24) is 5.32 Å². The Morgan fingerprint density at radius 1 is 1.11 bits per heavy atom. The minimum atomic E-state index is -0.508. The number of benzene rings is 2. The smallest absolute Gasteiger partial charge is 0.261 e. The van der Waals surface area contributed by atoms with Crippen LogP contribution < -0.4 is 14.8 Å². The van der Waals surface area contributed by atoms with Gasteiger partial charge in [-0.25, -0.2) is 0 Å². The van der Waals surface area contributed by atoms with E-state index >= 15 is 0 Å². The van der Waals surface area contributed by atoms with Crippen LogP contribution in [-0.4, -0.2) is 25.2 Å². The van der Waals surface area contributed by atoms with Gasteiger partial charge in [0.05, 0.1) is 6.61 Å². The van der Waals surface area contributed by atoms with Gasteiger partial charge in [0, 0.05) is 11.6 Å². The van der Waals surface area contributed by atoms with E-state index in [4.69, 9.17) is 21.1 Å². The number of carbonyl (C=O) groups excluding carboxylic acids is 1. The molecule has 0 radical (unpaired) electrons. The highest BCUT2D eigenvalue weighted by Crippen LogP contribution is 2.20. The SMILES string of the molecule is CCCOc1ccccc1CCCNC(=O)C(CC)Oc1ccc(Cl)cc1. The molecule has 0 aliphatic carbocycles. The van der Waals surface area contributed by atoms with Gasteiger partial charge in [0.15, 0.2) is 6.10 Å². The molecule has 1 unspecified atom stereocenters. The lowest BCUT2D eigenvalue weighted by molar-refractivity contribution is -0.128. The predicted molar refractivity (Wildman–Crippen MR) is 110 cm³/mol. The normalized spacial score (nSPS) is 11.7. The zero-order chi connectivity index (χ0) is 19.5. The van der Waals surface area contributed by atoms with Gasteiger partial charge < -0.3 is 14.8 Å². The first-order valence-corrected chi connectivity index (χ1v) is 9.92. The summed E-state index contributed by atoms with van der Waals surface area (Å²) >= 11 is 5.87. The molecule has 0 spiro atoms. The van der Waals surface area contributed by atoms with Crippen molar-refractivity contribution in [3.63, 3.8) is 0 Å². The lowest BCUT2D eigenvalue weighted by Gasteiger charge is -2.17. The molecular formula is C22H28ClNO3. The minimum absolute atomic E-state index is 0.0945. The van der Waals surface area contributed by atoms with Crippen LogP contribution in [0, 0.1) is 0 Å². The Morgan fingerprint density at radius 2 is 1.85 bits per heavy atom. The molecule has 0 bridgehead atoms. The molecule has 1 amide bonds. The molecule has 0 saturated heterocycles. The molecule has 4 nitrogen and oxygen atoms in total. The van der Waals surface area contributed by atoms with Crippen LogP contribution in [0.2, 0.25) is 5.02 Å². The lowest BCUT2D eigenvalue weighted by Crippen LogP contribution is -2.38. The van der Waals surface area contributed by atoms with Crippen LogP contribution in [0.15, 0.2) is 48.5 Å². The van der Waals surface area contributed by atoms with Gasteiger partial charge in [-0.05, 0) is 61.6 Å². The first-order chi connectivity index (χ1) is 13.1. The number of carbonyl (C=O) groups is 1. The van der Waals surface area contributed by atoms with Crippen LogP contribution in [0.5, 0.6) is 11.5 Å². The van der Waals surface area contributed by atoms with Crippen molar-refractivity contribution in [3.05, 3.63) is 59.1 Å². The van der Waals surface area contributed by atoms with Crippen LogP contribution in [-0.2, 0) is 11.2 Å². The minimum Gasteiger partial charge on any atom is -0.493 e. The van der Waals surface area contributed by atoms with Crippen LogP contribution in [0.25, 0.3) is 0 Å². The standard InChI is InChI=1S/C22H28ClNO3/c1-3-16-26-21-10-6-5-8-17(21)9-7-15-24-22(25)20(4-2)27-19-13-11-18(23)12-14-19/h5-6,8,10-14,20H,3-4,7,9,15-16H2,1-2H3,(H,24,25). The molecule has 0 aromatic heterocycles. The van der Waals surface area contributed by atoms with E-state index in [-0.39, 0.29) is 5.91 Å². The molecule has 0 aliphatic rings. The van der Waals surface area contributed by atoms with Crippen molar-refractivity contribution >= 4 is 17.5 Å². The second-order valence-electron chi connectivity index (χ2n) is 6.32. The number of para-hydroxylation sites is 1. The fourth-order valence-electron chi connectivity index (χ4n) is 2.67. The van der Waals surface area contributed by atoms with Crippen molar-refractivity contribution in [2.24, 2.45) is 0 Å². The highest BCUT2D eigenvalue weighted by atomic mass is 35.5. The third kappa shape index (κ3) is 7.14. The number of amides is 1. The molecule has 1 N–H and O–H groups in total. The summed E-state index contributed by atoms with van der Waals surface area (Å²) in [7, 11) is 0. The number of aryl methyl sites for hydroxylation is 1. The molecule has 0 fully saturated rings. The molecule has 2 rings (SSSR count). The molecular weight excluding hydrogens is 362 g/mol. The number of hydrogen-bond donors (Lipinski definition) is 1. The number of rotatable bonds is 11. The Balaban J connectivity index is 1.78. The molecule has 146 valence electrons. The number of ether oxygens (including phenoxy) is 2. The molecule has 0 heterocycles. The molecule has 2 aromatic rings. The van der Waals surface area contributed by atoms with Crippen molar-refractivity contribution < 1.29 is 14.3 Å². The largest absolute Gasteiger partial charge is 0.493 e. The van der Waals surface area contributed by atoms with E-state index in [0.29, 0.717) is 30.3 Å². The highest BCUT2D eigenvalue weighted by Gasteiger charge is 2.17. The van der Waals surface area contributed by atoms with Crippen LogP contribution >= 0.6 is 11.6 Å². The number of halogens is 1. The van der Waals surface area contributed by atoms with E-state index in [9.17, 15) is 4.79 Å². The van der Waals surface area contributed by atoms with Gasteiger partial charge in [0.25, 0.3) is 5.91 Å². The maximum absolute atomic E-state index is 12.4. The Labute approximate surface area is 166 Å². The van der Waals surface area contributed by atoms with Crippen LogP contribution in [0.1, 0.15) is 38.7 Å². The summed E-state index contributed by atoms with van der Waals surface area (Å²) in [5.41, 5.74) is 1.17. The second-order valence-corrected chi connectivity index (χ2v) is 6.76. The van der Waals surface area contributed by atoms with Gasteiger partial charge in [-0.2, -0.15) is 0 Å². The van der Waals surface area contributed by atoms with Gasteiger partial charge in [-0.15, -0.1) is 0 Å². The van der Waals surface area contributed by atoms with Crippen molar-refractivity contribution in [2.75, 3.05) is 13.2 Å². The molecule has 0 aliphatic heterocycles. The van der Waals surface area contributed by atoms with E-state index in [0.717, 1.165) is 25.0 Å². The van der Waals surface area contributed by atoms with E-state index in [1.165, 1.54) is 5.56 Å². The predicted octanol–water partition coefficient (Wildman–Crippen LogP) is 5.04. The molecule has 0 saturated carbocycles. The lowest BCUT2D eigenvalue weighted by atomic mass is 10.1. The van der Waals surface area contributed by atoms with Gasteiger partial charge in [0.2, 0.25) is 0 Å². The maximum atomic E-state index is 12.4. The monoisotopic (exact) mass is 389 g/mol. The van der Waals surface area contributed by atoms with Gasteiger partial charge >= 0.3 is 0 Å². The van der Waals surface area contributed by atoms with Gasteiger partial charge in [-0.1, -0.05) is 43.6 Å². The maximum Gasteiger partial charge on any atom is 0.261 e.